The molecule has 32 heavy (non-hydrogen) atoms. The third kappa shape index (κ3) is 5.97. The summed E-state index contributed by atoms with van der Waals surface area (Å²) in [6.07, 6.45) is 4.02. The first-order chi connectivity index (χ1) is 15.5. The first-order valence-corrected chi connectivity index (χ1v) is 10.8. The predicted molar refractivity (Wildman–Crippen MR) is 124 cm³/mol. The highest BCUT2D eigenvalue weighted by Crippen LogP contribution is 2.32. The van der Waals surface area contributed by atoms with E-state index in [-0.39, 0.29) is 5.75 Å². The van der Waals surface area contributed by atoms with Gasteiger partial charge in [-0.3, -0.25) is 0 Å². The highest BCUT2D eigenvalue weighted by atomic mass is 16.6. The summed E-state index contributed by atoms with van der Waals surface area (Å²) in [5, 5.41) is 0. The molecular formula is C27H28O5. The van der Waals surface area contributed by atoms with E-state index in [9.17, 15) is 9.59 Å². The fourth-order valence-electron chi connectivity index (χ4n) is 3.31. The molecule has 3 aromatic rings. The Bertz CT molecular complexity index is 1050. The molecule has 166 valence electrons. The summed E-state index contributed by atoms with van der Waals surface area (Å²) in [6.45, 7) is 4.22. The molecule has 0 saturated carbocycles. The van der Waals surface area contributed by atoms with E-state index in [4.69, 9.17) is 14.2 Å². The number of aryl methyl sites for hydroxylation is 2. The molecule has 0 radical (unpaired) electrons. The molecule has 3 aromatic carbocycles. The number of hydrogen-bond donors (Lipinski definition) is 0. The van der Waals surface area contributed by atoms with Crippen molar-refractivity contribution in [1.29, 1.82) is 0 Å². The zero-order chi connectivity index (χ0) is 22.9. The Morgan fingerprint density at radius 1 is 0.656 bits per heavy atom. The standard InChI is InChI=1S/C27H28O5/c1-4-6-19-8-12-21(13-9-19)26(28)31-23-16-17-24(25(18-23)30-3)32-27(29)22-14-10-20(7-5-2)11-15-22/h8-18H,4-7H2,1-3H3. The Kier molecular flexibility index (Phi) is 8.03. The van der Waals surface area contributed by atoms with Crippen LogP contribution in [0.15, 0.2) is 66.7 Å². The summed E-state index contributed by atoms with van der Waals surface area (Å²) in [7, 11) is 1.46. The fourth-order valence-corrected chi connectivity index (χ4v) is 3.31. The van der Waals surface area contributed by atoms with E-state index >= 15 is 0 Å². The van der Waals surface area contributed by atoms with E-state index in [0.29, 0.717) is 22.6 Å². The second kappa shape index (κ2) is 11.1. The van der Waals surface area contributed by atoms with Crippen LogP contribution in [0.1, 0.15) is 58.5 Å². The molecule has 0 N–H and O–H groups in total. The molecular weight excluding hydrogens is 404 g/mol. The van der Waals surface area contributed by atoms with Gasteiger partial charge in [-0.05, 0) is 60.4 Å². The van der Waals surface area contributed by atoms with Gasteiger partial charge in [0.25, 0.3) is 0 Å². The van der Waals surface area contributed by atoms with E-state index in [0.717, 1.165) is 25.7 Å². The minimum atomic E-state index is -0.483. The zero-order valence-corrected chi connectivity index (χ0v) is 18.7. The quantitative estimate of drug-likeness (QED) is 0.305. The molecule has 5 heteroatoms. The van der Waals surface area contributed by atoms with Gasteiger partial charge in [0.05, 0.1) is 18.2 Å². The van der Waals surface area contributed by atoms with Gasteiger partial charge >= 0.3 is 11.9 Å². The van der Waals surface area contributed by atoms with Crippen molar-refractivity contribution >= 4 is 11.9 Å². The lowest BCUT2D eigenvalue weighted by molar-refractivity contribution is 0.0715. The van der Waals surface area contributed by atoms with Crippen molar-refractivity contribution in [2.45, 2.75) is 39.5 Å². The number of hydrogen-bond acceptors (Lipinski definition) is 5. The van der Waals surface area contributed by atoms with E-state index < -0.39 is 11.9 Å². The summed E-state index contributed by atoms with van der Waals surface area (Å²) in [4.78, 5) is 25.0. The van der Waals surface area contributed by atoms with Crippen LogP contribution in [0.2, 0.25) is 0 Å². The van der Waals surface area contributed by atoms with E-state index in [1.807, 2.05) is 24.3 Å². The minimum absolute atomic E-state index is 0.249. The van der Waals surface area contributed by atoms with Crippen molar-refractivity contribution in [2.75, 3.05) is 7.11 Å². The molecule has 0 heterocycles. The summed E-state index contributed by atoms with van der Waals surface area (Å²) in [5.74, 6) is -0.105. The average Bonchev–Trinajstić information content (AvgIpc) is 2.81. The molecule has 0 aliphatic heterocycles. The smallest absolute Gasteiger partial charge is 0.343 e. The summed E-state index contributed by atoms with van der Waals surface area (Å²) in [6, 6.07) is 19.4. The van der Waals surface area contributed by atoms with Crippen LogP contribution >= 0.6 is 0 Å². The lowest BCUT2D eigenvalue weighted by Crippen LogP contribution is -2.10. The predicted octanol–water partition coefficient (Wildman–Crippen LogP) is 6.04. The zero-order valence-electron chi connectivity index (χ0n) is 18.7. The topological polar surface area (TPSA) is 61.8 Å². The normalized spacial score (nSPS) is 10.5. The van der Waals surface area contributed by atoms with Gasteiger partial charge in [0.1, 0.15) is 5.75 Å². The van der Waals surface area contributed by atoms with Crippen molar-refractivity contribution < 1.29 is 23.8 Å². The third-order valence-corrected chi connectivity index (χ3v) is 5.00. The van der Waals surface area contributed by atoms with Gasteiger partial charge in [-0.25, -0.2) is 9.59 Å². The van der Waals surface area contributed by atoms with Crippen molar-refractivity contribution in [3.05, 3.63) is 89.0 Å². The van der Waals surface area contributed by atoms with Gasteiger partial charge < -0.3 is 14.2 Å². The molecule has 0 aromatic heterocycles. The summed E-state index contributed by atoms with van der Waals surface area (Å²) >= 11 is 0. The summed E-state index contributed by atoms with van der Waals surface area (Å²) < 4.78 is 16.3. The highest BCUT2D eigenvalue weighted by Gasteiger charge is 2.15. The van der Waals surface area contributed by atoms with Crippen LogP contribution in [0.4, 0.5) is 0 Å². The second-order valence-electron chi connectivity index (χ2n) is 7.49. The van der Waals surface area contributed by atoms with Crippen LogP contribution in [0.25, 0.3) is 0 Å². The van der Waals surface area contributed by atoms with Crippen LogP contribution in [0, 0.1) is 0 Å². The molecule has 0 atom stereocenters. The minimum Gasteiger partial charge on any atom is -0.493 e. The maximum Gasteiger partial charge on any atom is 0.343 e. The van der Waals surface area contributed by atoms with Crippen LogP contribution in [-0.4, -0.2) is 19.0 Å². The lowest BCUT2D eigenvalue weighted by atomic mass is 10.1. The first kappa shape index (κ1) is 23.1. The van der Waals surface area contributed by atoms with Gasteiger partial charge in [0.2, 0.25) is 0 Å². The number of carbonyl (C=O) groups excluding carboxylic acids is 2. The molecule has 0 spiro atoms. The number of carbonyl (C=O) groups is 2. The molecule has 0 fully saturated rings. The van der Waals surface area contributed by atoms with Crippen molar-refractivity contribution in [3.63, 3.8) is 0 Å². The molecule has 0 unspecified atom stereocenters. The van der Waals surface area contributed by atoms with Gasteiger partial charge in [-0.15, -0.1) is 0 Å². The molecule has 0 saturated heterocycles. The maximum absolute atomic E-state index is 12.5. The second-order valence-corrected chi connectivity index (χ2v) is 7.49. The summed E-state index contributed by atoms with van der Waals surface area (Å²) in [5.41, 5.74) is 3.27. The number of ether oxygens (including phenoxy) is 3. The average molecular weight is 433 g/mol. The van der Waals surface area contributed by atoms with Crippen LogP contribution < -0.4 is 14.2 Å². The van der Waals surface area contributed by atoms with Crippen molar-refractivity contribution in [3.8, 4) is 17.2 Å². The van der Waals surface area contributed by atoms with E-state index in [1.165, 1.54) is 24.3 Å². The van der Waals surface area contributed by atoms with Gasteiger partial charge in [0, 0.05) is 6.07 Å². The van der Waals surface area contributed by atoms with Crippen molar-refractivity contribution in [2.24, 2.45) is 0 Å². The Morgan fingerprint density at radius 2 is 1.16 bits per heavy atom. The number of benzene rings is 3. The largest absolute Gasteiger partial charge is 0.493 e. The Hall–Kier alpha value is -3.60. The SMILES string of the molecule is CCCc1ccc(C(=O)Oc2ccc(OC(=O)c3ccc(CCC)cc3)c(OC)c2)cc1. The van der Waals surface area contributed by atoms with E-state index in [1.54, 1.807) is 36.4 Å². The molecule has 0 aliphatic rings. The Balaban J connectivity index is 1.68. The molecule has 0 bridgehead atoms. The Labute approximate surface area is 188 Å². The van der Waals surface area contributed by atoms with Gasteiger partial charge in [0.15, 0.2) is 11.5 Å². The van der Waals surface area contributed by atoms with Gasteiger partial charge in [-0.2, -0.15) is 0 Å². The fraction of sp³-hybridized carbons (Fsp3) is 0.259. The Morgan fingerprint density at radius 3 is 1.62 bits per heavy atom. The lowest BCUT2D eigenvalue weighted by Gasteiger charge is -2.12. The number of esters is 2. The highest BCUT2D eigenvalue weighted by molar-refractivity contribution is 5.92. The first-order valence-electron chi connectivity index (χ1n) is 10.8. The van der Waals surface area contributed by atoms with Crippen LogP contribution in [0.5, 0.6) is 17.2 Å². The maximum atomic E-state index is 12.5. The molecule has 0 aliphatic carbocycles. The number of methoxy groups -OCH3 is 1. The molecule has 5 nitrogen and oxygen atoms in total. The van der Waals surface area contributed by atoms with Crippen LogP contribution in [-0.2, 0) is 12.8 Å². The van der Waals surface area contributed by atoms with E-state index in [2.05, 4.69) is 13.8 Å². The third-order valence-electron chi connectivity index (χ3n) is 5.00. The number of rotatable bonds is 9. The monoisotopic (exact) mass is 432 g/mol. The van der Waals surface area contributed by atoms with Crippen molar-refractivity contribution in [1.82, 2.24) is 0 Å². The van der Waals surface area contributed by atoms with Crippen LogP contribution in [0.3, 0.4) is 0 Å². The molecule has 3 rings (SSSR count). The van der Waals surface area contributed by atoms with Gasteiger partial charge in [-0.1, -0.05) is 51.0 Å². The molecule has 0 amide bonds.